The number of aryl methyl sites for hydroxylation is 1. The number of hydrogen-bond donors (Lipinski definition) is 1. The number of benzene rings is 3. The van der Waals surface area contributed by atoms with Crippen LogP contribution in [0.5, 0.6) is 0 Å². The lowest BCUT2D eigenvalue weighted by Crippen LogP contribution is -2.49. The summed E-state index contributed by atoms with van der Waals surface area (Å²) >= 11 is 0. The summed E-state index contributed by atoms with van der Waals surface area (Å²) in [5, 5.41) is 0. The highest BCUT2D eigenvalue weighted by Gasteiger charge is 2.27. The largest absolute Gasteiger partial charge is 0.378 e. The first-order chi connectivity index (χ1) is 16.7. The lowest BCUT2D eigenvalue weighted by Gasteiger charge is -2.40. The number of anilines is 2. The van der Waals surface area contributed by atoms with Gasteiger partial charge >= 0.3 is 0 Å². The summed E-state index contributed by atoms with van der Waals surface area (Å²) in [4.78, 5) is 6.81. The van der Waals surface area contributed by atoms with Crippen LogP contribution in [0.1, 0.15) is 17.2 Å². The minimum Gasteiger partial charge on any atom is -0.378 e. The Labute approximate surface area is 208 Å². The van der Waals surface area contributed by atoms with Crippen LogP contribution in [0.15, 0.2) is 77.7 Å². The molecule has 0 aliphatic carbocycles. The van der Waals surface area contributed by atoms with Crippen molar-refractivity contribution >= 4 is 21.4 Å². The molecule has 0 saturated carbocycles. The highest BCUT2D eigenvalue weighted by atomic mass is 32.2. The molecule has 0 bridgehead atoms. The van der Waals surface area contributed by atoms with E-state index in [0.717, 1.165) is 37.4 Å². The van der Waals surface area contributed by atoms with Crippen molar-refractivity contribution in [1.82, 2.24) is 9.62 Å². The van der Waals surface area contributed by atoms with Gasteiger partial charge in [-0.1, -0.05) is 30.3 Å². The standard InChI is InChI=1S/C27H33FN4O2S/c1-21-19-25(13-14-26(21)28)35(33,34)29-20-27(22-9-11-23(12-10-22)30(2)3)32-17-15-31(16-18-32)24-7-5-4-6-8-24/h4-14,19,27,29H,15-18,20H2,1-3H3. The van der Waals surface area contributed by atoms with Crippen molar-refractivity contribution in [2.24, 2.45) is 0 Å². The first kappa shape index (κ1) is 25.2. The number of halogens is 1. The zero-order chi connectivity index (χ0) is 25.0. The summed E-state index contributed by atoms with van der Waals surface area (Å²) in [6.45, 7) is 5.14. The van der Waals surface area contributed by atoms with Gasteiger partial charge in [-0.05, 0) is 60.5 Å². The molecule has 6 nitrogen and oxygen atoms in total. The molecule has 1 heterocycles. The molecule has 35 heavy (non-hydrogen) atoms. The second kappa shape index (κ2) is 10.8. The number of nitrogens with zero attached hydrogens (tertiary/aromatic N) is 3. The molecule has 4 rings (SSSR count). The van der Waals surface area contributed by atoms with Gasteiger partial charge in [-0.15, -0.1) is 0 Å². The van der Waals surface area contributed by atoms with Crippen molar-refractivity contribution in [3.63, 3.8) is 0 Å². The van der Waals surface area contributed by atoms with Gasteiger partial charge in [0.05, 0.1) is 4.90 Å². The average Bonchev–Trinajstić information content (AvgIpc) is 2.87. The first-order valence-corrected chi connectivity index (χ1v) is 13.3. The van der Waals surface area contributed by atoms with Crippen LogP contribution in [-0.2, 0) is 10.0 Å². The second-order valence-electron chi connectivity index (χ2n) is 9.12. The van der Waals surface area contributed by atoms with Gasteiger partial charge in [-0.3, -0.25) is 4.90 Å². The van der Waals surface area contributed by atoms with Crippen LogP contribution in [0.25, 0.3) is 0 Å². The Morgan fingerprint density at radius 2 is 1.60 bits per heavy atom. The van der Waals surface area contributed by atoms with Gasteiger partial charge in [0.15, 0.2) is 0 Å². The van der Waals surface area contributed by atoms with Gasteiger partial charge < -0.3 is 9.80 Å². The van der Waals surface area contributed by atoms with Crippen LogP contribution >= 0.6 is 0 Å². The minimum absolute atomic E-state index is 0.0759. The van der Waals surface area contributed by atoms with Crippen molar-refractivity contribution in [1.29, 1.82) is 0 Å². The fourth-order valence-corrected chi connectivity index (χ4v) is 5.56. The van der Waals surface area contributed by atoms with Gasteiger partial charge in [0, 0.05) is 64.2 Å². The van der Waals surface area contributed by atoms with Crippen LogP contribution in [0.2, 0.25) is 0 Å². The molecule has 3 aromatic rings. The van der Waals surface area contributed by atoms with Crippen LogP contribution in [0.3, 0.4) is 0 Å². The molecular formula is C27H33FN4O2S. The van der Waals surface area contributed by atoms with Crippen molar-refractivity contribution in [2.75, 3.05) is 56.6 Å². The van der Waals surface area contributed by atoms with Crippen LogP contribution in [0, 0.1) is 12.7 Å². The molecule has 1 aliphatic heterocycles. The smallest absolute Gasteiger partial charge is 0.240 e. The zero-order valence-electron chi connectivity index (χ0n) is 20.5. The van der Waals surface area contributed by atoms with Crippen LogP contribution < -0.4 is 14.5 Å². The average molecular weight is 497 g/mol. The summed E-state index contributed by atoms with van der Waals surface area (Å²) in [6, 6.07) is 22.3. The van der Waals surface area contributed by atoms with Crippen molar-refractivity contribution in [2.45, 2.75) is 17.9 Å². The summed E-state index contributed by atoms with van der Waals surface area (Å²) < 4.78 is 42.5. The third-order valence-corrected chi connectivity index (χ3v) is 8.00. The Bertz CT molecular complexity index is 1230. The van der Waals surface area contributed by atoms with E-state index in [4.69, 9.17) is 0 Å². The van der Waals surface area contributed by atoms with E-state index >= 15 is 0 Å². The van der Waals surface area contributed by atoms with Crippen LogP contribution in [0.4, 0.5) is 15.8 Å². The van der Waals surface area contributed by atoms with E-state index in [9.17, 15) is 12.8 Å². The Morgan fingerprint density at radius 1 is 0.943 bits per heavy atom. The van der Waals surface area contributed by atoms with Crippen LogP contribution in [-0.4, -0.2) is 60.1 Å². The third kappa shape index (κ3) is 6.01. The normalized spacial score (nSPS) is 15.7. The molecule has 1 unspecified atom stereocenters. The van der Waals surface area contributed by atoms with Crippen molar-refractivity contribution in [3.8, 4) is 0 Å². The van der Waals surface area contributed by atoms with Gasteiger partial charge in [0.25, 0.3) is 0 Å². The molecule has 0 radical (unpaired) electrons. The summed E-state index contributed by atoms with van der Waals surface area (Å²) in [7, 11) is 0.210. The monoisotopic (exact) mass is 496 g/mol. The van der Waals surface area contributed by atoms with Gasteiger partial charge in [-0.25, -0.2) is 17.5 Å². The predicted molar refractivity (Wildman–Crippen MR) is 140 cm³/mol. The number of sulfonamides is 1. The molecule has 0 amide bonds. The third-order valence-electron chi connectivity index (χ3n) is 6.58. The Balaban J connectivity index is 1.53. The van der Waals surface area contributed by atoms with E-state index in [1.54, 1.807) is 6.92 Å². The van der Waals surface area contributed by atoms with E-state index in [0.29, 0.717) is 5.56 Å². The summed E-state index contributed by atoms with van der Waals surface area (Å²) in [5.41, 5.74) is 3.65. The molecule has 8 heteroatoms. The lowest BCUT2D eigenvalue weighted by atomic mass is 10.0. The molecule has 1 saturated heterocycles. The second-order valence-corrected chi connectivity index (χ2v) is 10.9. The topological polar surface area (TPSA) is 55.9 Å². The van der Waals surface area contributed by atoms with Gasteiger partial charge in [0.2, 0.25) is 10.0 Å². The van der Waals surface area contributed by atoms with Gasteiger partial charge in [-0.2, -0.15) is 0 Å². The zero-order valence-corrected chi connectivity index (χ0v) is 21.3. The summed E-state index contributed by atoms with van der Waals surface area (Å²) in [5.74, 6) is -0.418. The molecule has 1 atom stereocenters. The van der Waals surface area contributed by atoms with Crippen molar-refractivity contribution in [3.05, 3.63) is 89.7 Å². The van der Waals surface area contributed by atoms with E-state index < -0.39 is 15.8 Å². The highest BCUT2D eigenvalue weighted by Crippen LogP contribution is 2.26. The molecule has 0 spiro atoms. The Hall–Kier alpha value is -2.94. The van der Waals surface area contributed by atoms with E-state index in [1.165, 1.54) is 23.9 Å². The molecule has 186 valence electrons. The molecule has 1 fully saturated rings. The maximum absolute atomic E-state index is 13.7. The van der Waals surface area contributed by atoms with E-state index in [2.05, 4.69) is 50.9 Å². The SMILES string of the molecule is Cc1cc(S(=O)(=O)NCC(c2ccc(N(C)C)cc2)N2CCN(c3ccccc3)CC2)ccc1F. The molecule has 3 aromatic carbocycles. The quantitative estimate of drug-likeness (QED) is 0.510. The number of nitrogens with one attached hydrogen (secondary N) is 1. The number of rotatable bonds is 8. The van der Waals surface area contributed by atoms with Gasteiger partial charge in [0.1, 0.15) is 5.82 Å². The highest BCUT2D eigenvalue weighted by molar-refractivity contribution is 7.89. The Morgan fingerprint density at radius 3 is 2.20 bits per heavy atom. The van der Waals surface area contributed by atoms with Crippen molar-refractivity contribution < 1.29 is 12.8 Å². The number of piperazine rings is 1. The predicted octanol–water partition coefficient (Wildman–Crippen LogP) is 4.04. The fraction of sp³-hybridized carbons (Fsp3) is 0.333. The number of para-hydroxylation sites is 1. The fourth-order valence-electron chi connectivity index (χ4n) is 4.44. The maximum Gasteiger partial charge on any atom is 0.240 e. The summed E-state index contributed by atoms with van der Waals surface area (Å²) in [6.07, 6.45) is 0. The molecule has 0 aromatic heterocycles. The first-order valence-electron chi connectivity index (χ1n) is 11.8. The van der Waals surface area contributed by atoms with E-state index in [1.807, 2.05) is 37.2 Å². The molecule has 1 N–H and O–H groups in total. The number of hydrogen-bond acceptors (Lipinski definition) is 5. The van der Waals surface area contributed by atoms with E-state index in [-0.39, 0.29) is 17.5 Å². The lowest BCUT2D eigenvalue weighted by molar-refractivity contribution is 0.187. The molecule has 1 aliphatic rings. The molecular weight excluding hydrogens is 463 g/mol. The minimum atomic E-state index is -3.78. The Kier molecular flexibility index (Phi) is 7.74. The maximum atomic E-state index is 13.7.